The highest BCUT2D eigenvalue weighted by Crippen LogP contribution is 2.23. The van der Waals surface area contributed by atoms with Crippen LogP contribution in [0.25, 0.3) is 16.6 Å². The monoisotopic (exact) mass is 368 g/mol. The molecule has 0 spiro atoms. The van der Waals surface area contributed by atoms with E-state index in [4.69, 9.17) is 4.74 Å². The minimum absolute atomic E-state index is 0.0614. The van der Waals surface area contributed by atoms with Gasteiger partial charge in [0.15, 0.2) is 5.65 Å². The van der Waals surface area contributed by atoms with Gasteiger partial charge in [-0.25, -0.2) is 13.9 Å². The molecular weight excluding hydrogens is 344 g/mol. The Morgan fingerprint density at radius 1 is 1.26 bits per heavy atom. The molecule has 0 atom stereocenters. The van der Waals surface area contributed by atoms with E-state index in [-0.39, 0.29) is 24.2 Å². The van der Waals surface area contributed by atoms with Crippen molar-refractivity contribution in [3.05, 3.63) is 40.3 Å². The molecular formula is C20H24N4O3. The van der Waals surface area contributed by atoms with E-state index in [1.165, 1.54) is 11.1 Å². The number of carbonyl (C=O) groups excluding carboxylic acids is 1. The van der Waals surface area contributed by atoms with Gasteiger partial charge >= 0.3 is 5.69 Å². The number of hydrogen-bond donors (Lipinski definition) is 1. The molecule has 27 heavy (non-hydrogen) atoms. The summed E-state index contributed by atoms with van der Waals surface area (Å²) in [6, 6.07) is 7.74. The molecule has 0 aliphatic heterocycles. The summed E-state index contributed by atoms with van der Waals surface area (Å²) in [7, 11) is 1.61. The van der Waals surface area contributed by atoms with Gasteiger partial charge < -0.3 is 10.1 Å². The standard InChI is InChI=1S/C20H24N4O3/c1-13-10-14-11-16(27-2)8-9-17(14)24-19(13)22-23(20(24)26)12-18(25)21-15-6-4-3-5-7-15/h8-11,15H,3-7,12H2,1-2H3,(H,21,25). The van der Waals surface area contributed by atoms with Gasteiger partial charge in [0.05, 0.1) is 12.6 Å². The van der Waals surface area contributed by atoms with Gasteiger partial charge in [0.1, 0.15) is 12.3 Å². The van der Waals surface area contributed by atoms with Crippen molar-refractivity contribution in [2.45, 2.75) is 51.6 Å². The normalized spacial score (nSPS) is 15.3. The second-order valence-corrected chi connectivity index (χ2v) is 7.25. The Kier molecular flexibility index (Phi) is 4.59. The largest absolute Gasteiger partial charge is 0.497 e. The van der Waals surface area contributed by atoms with Crippen LogP contribution in [0.4, 0.5) is 0 Å². The Bertz CT molecular complexity index is 1060. The number of nitrogens with zero attached hydrogens (tertiary/aromatic N) is 3. The van der Waals surface area contributed by atoms with Gasteiger partial charge in [-0.15, -0.1) is 5.10 Å². The second kappa shape index (κ2) is 7.06. The van der Waals surface area contributed by atoms with Crippen molar-refractivity contribution in [3.63, 3.8) is 0 Å². The fraction of sp³-hybridized carbons (Fsp3) is 0.450. The zero-order valence-electron chi connectivity index (χ0n) is 15.7. The number of carbonyl (C=O) groups is 1. The number of ether oxygens (including phenoxy) is 1. The Hall–Kier alpha value is -2.83. The molecule has 2 heterocycles. The Balaban J connectivity index is 1.69. The van der Waals surface area contributed by atoms with E-state index in [9.17, 15) is 9.59 Å². The van der Waals surface area contributed by atoms with Crippen LogP contribution in [0.2, 0.25) is 0 Å². The van der Waals surface area contributed by atoms with Crippen LogP contribution in [0.15, 0.2) is 29.1 Å². The lowest BCUT2D eigenvalue weighted by molar-refractivity contribution is -0.122. The van der Waals surface area contributed by atoms with E-state index in [0.29, 0.717) is 5.65 Å². The molecule has 7 nitrogen and oxygen atoms in total. The average molecular weight is 368 g/mol. The quantitative estimate of drug-likeness (QED) is 0.767. The van der Waals surface area contributed by atoms with Crippen molar-refractivity contribution >= 4 is 22.5 Å². The van der Waals surface area contributed by atoms with Crippen molar-refractivity contribution in [2.24, 2.45) is 0 Å². The summed E-state index contributed by atoms with van der Waals surface area (Å²) < 4.78 is 8.09. The van der Waals surface area contributed by atoms with Crippen molar-refractivity contribution in [2.75, 3.05) is 7.11 Å². The molecule has 0 bridgehead atoms. The van der Waals surface area contributed by atoms with E-state index in [0.717, 1.165) is 47.9 Å². The number of fused-ring (bicyclic) bond motifs is 3. The molecule has 3 aromatic rings. The van der Waals surface area contributed by atoms with Crippen molar-refractivity contribution in [1.82, 2.24) is 19.5 Å². The molecule has 1 aliphatic carbocycles. The highest BCUT2D eigenvalue weighted by Gasteiger charge is 2.18. The number of aromatic nitrogens is 3. The van der Waals surface area contributed by atoms with Crippen LogP contribution >= 0.6 is 0 Å². The van der Waals surface area contributed by atoms with Crippen molar-refractivity contribution in [1.29, 1.82) is 0 Å². The van der Waals surface area contributed by atoms with Crippen molar-refractivity contribution in [3.8, 4) is 5.75 Å². The molecule has 1 saturated carbocycles. The lowest BCUT2D eigenvalue weighted by atomic mass is 9.95. The van der Waals surface area contributed by atoms with Gasteiger partial charge in [0.25, 0.3) is 0 Å². The number of rotatable bonds is 4. The molecule has 142 valence electrons. The summed E-state index contributed by atoms with van der Waals surface area (Å²) in [5, 5.41) is 8.35. The zero-order valence-corrected chi connectivity index (χ0v) is 15.7. The molecule has 1 aromatic carbocycles. The third kappa shape index (κ3) is 3.29. The first-order valence-corrected chi connectivity index (χ1v) is 9.43. The van der Waals surface area contributed by atoms with E-state index >= 15 is 0 Å². The Labute approximate surface area is 156 Å². The van der Waals surface area contributed by atoms with Crippen LogP contribution < -0.4 is 15.7 Å². The highest BCUT2D eigenvalue weighted by molar-refractivity contribution is 5.84. The molecule has 0 radical (unpaired) electrons. The summed E-state index contributed by atoms with van der Waals surface area (Å²) in [6.07, 6.45) is 5.55. The van der Waals surface area contributed by atoms with Gasteiger partial charge in [-0.05, 0) is 49.6 Å². The Morgan fingerprint density at radius 3 is 2.78 bits per heavy atom. The van der Waals surface area contributed by atoms with Crippen LogP contribution in [0, 0.1) is 6.92 Å². The number of benzene rings is 1. The maximum Gasteiger partial charge on any atom is 0.351 e. The minimum atomic E-state index is -0.303. The fourth-order valence-electron chi connectivity index (χ4n) is 3.92. The maximum atomic E-state index is 12.9. The molecule has 2 aromatic heterocycles. The molecule has 4 rings (SSSR count). The summed E-state index contributed by atoms with van der Waals surface area (Å²) >= 11 is 0. The van der Waals surface area contributed by atoms with Gasteiger partial charge in [-0.3, -0.25) is 4.79 Å². The summed E-state index contributed by atoms with van der Waals surface area (Å²) in [4.78, 5) is 25.3. The number of hydrogen-bond acceptors (Lipinski definition) is 4. The molecule has 1 fully saturated rings. The summed E-state index contributed by atoms with van der Waals surface area (Å²) in [6.45, 7) is 1.85. The van der Waals surface area contributed by atoms with Crippen molar-refractivity contribution < 1.29 is 9.53 Å². The number of pyridine rings is 1. The third-order valence-electron chi connectivity index (χ3n) is 5.30. The number of nitrogens with one attached hydrogen (secondary N) is 1. The van der Waals surface area contributed by atoms with Gasteiger partial charge in [0.2, 0.25) is 5.91 Å². The lowest BCUT2D eigenvalue weighted by Gasteiger charge is -2.22. The second-order valence-electron chi connectivity index (χ2n) is 7.25. The SMILES string of the molecule is COc1ccc2c(c1)cc(C)c1nn(CC(=O)NC3CCCCC3)c(=O)n12. The van der Waals surface area contributed by atoms with Crippen LogP contribution in [0.5, 0.6) is 5.75 Å². The first kappa shape index (κ1) is 17.6. The van der Waals surface area contributed by atoms with E-state index in [2.05, 4.69) is 10.4 Å². The molecule has 7 heteroatoms. The molecule has 1 N–H and O–H groups in total. The molecule has 1 aliphatic rings. The number of methoxy groups -OCH3 is 1. The fourth-order valence-corrected chi connectivity index (χ4v) is 3.92. The zero-order chi connectivity index (χ0) is 19.0. The van der Waals surface area contributed by atoms with Crippen LogP contribution in [0.3, 0.4) is 0 Å². The predicted molar refractivity (Wildman–Crippen MR) is 103 cm³/mol. The maximum absolute atomic E-state index is 12.9. The summed E-state index contributed by atoms with van der Waals surface area (Å²) in [5.41, 5.74) is 1.89. The first-order chi connectivity index (χ1) is 13.1. The number of amides is 1. The van der Waals surface area contributed by atoms with Crippen LogP contribution in [-0.2, 0) is 11.3 Å². The first-order valence-electron chi connectivity index (χ1n) is 9.43. The highest BCUT2D eigenvalue weighted by atomic mass is 16.5. The van der Waals surface area contributed by atoms with Gasteiger partial charge in [0, 0.05) is 11.4 Å². The molecule has 0 saturated heterocycles. The van der Waals surface area contributed by atoms with Crippen LogP contribution in [-0.4, -0.2) is 33.2 Å². The lowest BCUT2D eigenvalue weighted by Crippen LogP contribution is -2.40. The van der Waals surface area contributed by atoms with Gasteiger partial charge in [-0.2, -0.15) is 0 Å². The number of aryl methyl sites for hydroxylation is 1. The summed E-state index contributed by atoms with van der Waals surface area (Å²) in [5.74, 6) is 0.574. The minimum Gasteiger partial charge on any atom is -0.497 e. The topological polar surface area (TPSA) is 77.6 Å². The molecule has 0 unspecified atom stereocenters. The smallest absolute Gasteiger partial charge is 0.351 e. The predicted octanol–water partition coefficient (Wildman–Crippen LogP) is 2.42. The third-order valence-corrected chi connectivity index (χ3v) is 5.30. The molecule has 1 amide bonds. The van der Waals surface area contributed by atoms with E-state index in [1.54, 1.807) is 11.5 Å². The van der Waals surface area contributed by atoms with E-state index in [1.807, 2.05) is 31.2 Å². The average Bonchev–Trinajstić information content (AvgIpc) is 2.99. The van der Waals surface area contributed by atoms with Crippen LogP contribution in [0.1, 0.15) is 37.7 Å². The van der Waals surface area contributed by atoms with Gasteiger partial charge in [-0.1, -0.05) is 19.3 Å². The van der Waals surface area contributed by atoms with E-state index < -0.39 is 0 Å². The Morgan fingerprint density at radius 2 is 2.04 bits per heavy atom.